The predicted octanol–water partition coefficient (Wildman–Crippen LogP) is 2.94. The van der Waals surface area contributed by atoms with Gasteiger partial charge in [-0.3, -0.25) is 14.4 Å². The van der Waals surface area contributed by atoms with Crippen molar-refractivity contribution in [1.29, 1.82) is 0 Å². The van der Waals surface area contributed by atoms with Gasteiger partial charge in [0, 0.05) is 18.8 Å². The quantitative estimate of drug-likeness (QED) is 0.115. The van der Waals surface area contributed by atoms with Crippen molar-refractivity contribution in [3.05, 3.63) is 65.7 Å². The van der Waals surface area contributed by atoms with Gasteiger partial charge in [-0.25, -0.2) is 14.4 Å². The number of nitrogens with one attached hydrogen (secondary N) is 6. The van der Waals surface area contributed by atoms with Crippen LogP contribution in [0.2, 0.25) is 0 Å². The highest BCUT2D eigenvalue weighted by molar-refractivity contribution is 5.98. The van der Waals surface area contributed by atoms with E-state index >= 15 is 0 Å². The molecule has 0 aliphatic carbocycles. The van der Waals surface area contributed by atoms with E-state index in [-0.39, 0.29) is 26.0 Å². The molecule has 18 nitrogen and oxygen atoms in total. The van der Waals surface area contributed by atoms with Gasteiger partial charge in [-0.05, 0) is 83.1 Å². The Balaban J connectivity index is 1.40. The number of amides is 7. The van der Waals surface area contributed by atoms with Crippen LogP contribution in [0, 0.1) is 5.92 Å². The number of hydrogen-bond acceptors (Lipinski definition) is 11. The van der Waals surface area contributed by atoms with Gasteiger partial charge in [0.15, 0.2) is 18.2 Å². The Bertz CT molecular complexity index is 1730. The van der Waals surface area contributed by atoms with Crippen molar-refractivity contribution in [1.82, 2.24) is 26.6 Å². The van der Waals surface area contributed by atoms with Crippen LogP contribution < -0.4 is 37.6 Å². The molecule has 4 rings (SSSR count). The number of urea groups is 1. The summed E-state index contributed by atoms with van der Waals surface area (Å²) >= 11 is 0. The number of nitrogens with two attached hydrogens (primary N) is 1. The van der Waals surface area contributed by atoms with Gasteiger partial charge in [-0.15, -0.1) is 0 Å². The molecular weight excluding hydrogens is 754 g/mol. The molecule has 1 unspecified atom stereocenters. The molecule has 2 fully saturated rings. The van der Waals surface area contributed by atoms with E-state index in [1.54, 1.807) is 84.9 Å². The Kier molecular flexibility index (Phi) is 15.8. The van der Waals surface area contributed by atoms with Crippen LogP contribution in [0.15, 0.2) is 54.6 Å². The topological polar surface area (TPSA) is 247 Å². The molecule has 0 saturated carbocycles. The SMILES string of the molecule is CC(C)[C@@H](NC(=O)[C@H]1O[C@@H]2OC(C)(C)O[C@@H]2[C@@H]1NC(=O)OCc1ccccc1)C(=O)NC(CCCNC(N)=O)C(=O)Nc1ccc(CCNC(=O)OC(C)(C)C)cc1. The highest BCUT2D eigenvalue weighted by Gasteiger charge is 2.57. The molecule has 18 heteroatoms. The summed E-state index contributed by atoms with van der Waals surface area (Å²) in [5, 5.41) is 16.1. The van der Waals surface area contributed by atoms with Crippen LogP contribution in [-0.4, -0.2) is 97.0 Å². The maximum absolute atomic E-state index is 13.9. The molecule has 2 aromatic rings. The van der Waals surface area contributed by atoms with Gasteiger partial charge < -0.3 is 61.3 Å². The van der Waals surface area contributed by atoms with E-state index in [4.69, 9.17) is 29.4 Å². The summed E-state index contributed by atoms with van der Waals surface area (Å²) in [5.41, 5.74) is 6.70. The highest BCUT2D eigenvalue weighted by Crippen LogP contribution is 2.37. The first kappa shape index (κ1) is 45.2. The van der Waals surface area contributed by atoms with Crippen LogP contribution in [0.3, 0.4) is 0 Å². The average Bonchev–Trinajstić information content (AvgIpc) is 3.62. The number of ether oxygens (including phenoxy) is 5. The zero-order valence-electron chi connectivity index (χ0n) is 34.0. The molecule has 2 aromatic carbocycles. The van der Waals surface area contributed by atoms with Gasteiger partial charge in [-0.1, -0.05) is 56.3 Å². The van der Waals surface area contributed by atoms with E-state index in [0.717, 1.165) is 11.1 Å². The molecule has 8 N–H and O–H groups in total. The van der Waals surface area contributed by atoms with Crippen molar-refractivity contribution >= 4 is 41.6 Å². The molecule has 2 heterocycles. The molecular formula is C40H57N7O11. The molecule has 2 saturated heterocycles. The standard InChI is InChI=1S/C40H57N7O11/c1-23(2)28(46-34(50)30-29(31-35(55-30)57-40(6,7)56-31)47-38(53)54-22-25-12-9-8-10-13-25)33(49)45-27(14-11-20-42-36(41)51)32(48)44-26-17-15-24(16-18-26)19-21-43-37(52)58-39(3,4)5/h8-10,12-13,15-18,23,27-31,35H,11,14,19-22H2,1-7H3,(H,43,52)(H,44,48)(H,45,49)(H,46,50)(H,47,53)(H3,41,42,51)/t27?,28-,29-,30+,31-,35-/m1/s1. The smallest absolute Gasteiger partial charge is 0.407 e. The van der Waals surface area contributed by atoms with Crippen LogP contribution >= 0.6 is 0 Å². The summed E-state index contributed by atoms with van der Waals surface area (Å²) in [6, 6.07) is 12.0. The lowest BCUT2D eigenvalue weighted by atomic mass is 10.0. The third kappa shape index (κ3) is 14.2. The second-order valence-electron chi connectivity index (χ2n) is 15.8. The second kappa shape index (κ2) is 20.3. The maximum Gasteiger partial charge on any atom is 0.407 e. The fourth-order valence-electron chi connectivity index (χ4n) is 6.22. The first-order valence-corrected chi connectivity index (χ1v) is 19.3. The third-order valence-electron chi connectivity index (χ3n) is 8.96. The van der Waals surface area contributed by atoms with Crippen molar-refractivity contribution < 1.29 is 52.5 Å². The van der Waals surface area contributed by atoms with Gasteiger partial charge in [0.1, 0.15) is 30.4 Å². The molecule has 6 atom stereocenters. The lowest BCUT2D eigenvalue weighted by Crippen LogP contribution is -2.59. The second-order valence-corrected chi connectivity index (χ2v) is 15.8. The van der Waals surface area contributed by atoms with Gasteiger partial charge in [0.25, 0.3) is 5.91 Å². The number of carbonyl (C=O) groups is 6. The number of alkyl carbamates (subject to hydrolysis) is 2. The van der Waals surface area contributed by atoms with Crippen LogP contribution in [0.4, 0.5) is 20.1 Å². The minimum Gasteiger partial charge on any atom is -0.445 e. The number of primary amides is 1. The number of carbonyl (C=O) groups excluding carboxylic acids is 6. The van der Waals surface area contributed by atoms with E-state index in [1.165, 1.54) is 0 Å². The largest absolute Gasteiger partial charge is 0.445 e. The molecule has 0 bridgehead atoms. The summed E-state index contributed by atoms with van der Waals surface area (Å²) in [5.74, 6) is -3.44. The predicted molar refractivity (Wildman–Crippen MR) is 211 cm³/mol. The maximum atomic E-state index is 13.9. The van der Waals surface area contributed by atoms with E-state index < -0.39 is 89.9 Å². The van der Waals surface area contributed by atoms with Crippen LogP contribution in [0.1, 0.15) is 72.4 Å². The van der Waals surface area contributed by atoms with Crippen molar-refractivity contribution in [2.24, 2.45) is 11.7 Å². The minimum absolute atomic E-state index is 0.0165. The Morgan fingerprint density at radius 1 is 0.845 bits per heavy atom. The van der Waals surface area contributed by atoms with E-state index in [0.29, 0.717) is 18.7 Å². The first-order chi connectivity index (χ1) is 27.3. The molecule has 0 aromatic heterocycles. The lowest BCUT2D eigenvalue weighted by molar-refractivity contribution is -0.208. The van der Waals surface area contributed by atoms with E-state index in [1.807, 2.05) is 18.2 Å². The summed E-state index contributed by atoms with van der Waals surface area (Å²) < 4.78 is 28.4. The van der Waals surface area contributed by atoms with Crippen molar-refractivity contribution in [2.75, 3.05) is 18.4 Å². The Hall–Kier alpha value is -5.46. The zero-order valence-corrected chi connectivity index (χ0v) is 34.0. The number of hydrogen-bond donors (Lipinski definition) is 7. The Labute approximate surface area is 338 Å². The van der Waals surface area contributed by atoms with E-state index in [9.17, 15) is 28.8 Å². The lowest BCUT2D eigenvalue weighted by Gasteiger charge is -2.29. The van der Waals surface area contributed by atoms with Gasteiger partial charge in [0.2, 0.25) is 11.8 Å². The molecule has 0 spiro atoms. The molecule has 318 valence electrons. The number of benzene rings is 2. The van der Waals surface area contributed by atoms with Gasteiger partial charge >= 0.3 is 18.2 Å². The fourth-order valence-corrected chi connectivity index (χ4v) is 6.22. The van der Waals surface area contributed by atoms with Gasteiger partial charge in [-0.2, -0.15) is 0 Å². The van der Waals surface area contributed by atoms with Gasteiger partial charge in [0.05, 0.1) is 6.04 Å². The molecule has 2 aliphatic heterocycles. The fraction of sp³-hybridized carbons (Fsp3) is 0.550. The van der Waals surface area contributed by atoms with Crippen LogP contribution in [0.5, 0.6) is 0 Å². The summed E-state index contributed by atoms with van der Waals surface area (Å²) in [7, 11) is 0. The molecule has 2 aliphatic rings. The third-order valence-corrected chi connectivity index (χ3v) is 8.96. The average molecular weight is 812 g/mol. The molecule has 58 heavy (non-hydrogen) atoms. The van der Waals surface area contributed by atoms with Crippen molar-refractivity contribution in [2.45, 2.75) is 122 Å². The normalized spacial score (nSPS) is 20.5. The minimum atomic E-state index is -1.33. The number of rotatable bonds is 17. The van der Waals surface area contributed by atoms with Crippen molar-refractivity contribution in [3.8, 4) is 0 Å². The Morgan fingerprint density at radius 2 is 1.53 bits per heavy atom. The number of anilines is 1. The summed E-state index contributed by atoms with van der Waals surface area (Å²) in [6.45, 7) is 12.6. The number of fused-ring (bicyclic) bond motifs is 1. The summed E-state index contributed by atoms with van der Waals surface area (Å²) in [4.78, 5) is 77.5. The Morgan fingerprint density at radius 3 is 2.17 bits per heavy atom. The monoisotopic (exact) mass is 811 g/mol. The molecule has 7 amide bonds. The van der Waals surface area contributed by atoms with Crippen LogP contribution in [0.25, 0.3) is 0 Å². The highest BCUT2D eigenvalue weighted by atomic mass is 16.8. The summed E-state index contributed by atoms with van der Waals surface area (Å²) in [6.07, 6.45) is -3.62. The van der Waals surface area contributed by atoms with Crippen LogP contribution in [-0.2, 0) is 51.1 Å². The molecule has 0 radical (unpaired) electrons. The van der Waals surface area contributed by atoms with Crippen molar-refractivity contribution in [3.63, 3.8) is 0 Å². The first-order valence-electron chi connectivity index (χ1n) is 19.3. The zero-order chi connectivity index (χ0) is 42.6. The van der Waals surface area contributed by atoms with E-state index in [2.05, 4.69) is 31.9 Å².